The second-order valence-corrected chi connectivity index (χ2v) is 9.63. The fourth-order valence-corrected chi connectivity index (χ4v) is 5.26. The number of anilines is 1. The maximum Gasteiger partial charge on any atom is 0.299 e. The van der Waals surface area contributed by atoms with Crippen LogP contribution >= 0.6 is 11.8 Å². The van der Waals surface area contributed by atoms with Crippen molar-refractivity contribution in [2.75, 3.05) is 46.8 Å². The van der Waals surface area contributed by atoms with Crippen LogP contribution in [0.4, 0.5) is 5.69 Å². The van der Waals surface area contributed by atoms with E-state index in [9.17, 15) is 0 Å². The summed E-state index contributed by atoms with van der Waals surface area (Å²) in [6, 6.07) is 12.6. The first kappa shape index (κ1) is 34.3. The summed E-state index contributed by atoms with van der Waals surface area (Å²) in [5.74, 6) is 2.51. The monoisotopic (exact) mass is 555 g/mol. The van der Waals surface area contributed by atoms with E-state index in [-0.39, 0.29) is 0 Å². The van der Waals surface area contributed by atoms with Crippen LogP contribution < -0.4 is 18.9 Å². The molecule has 0 atom stereocenters. The van der Waals surface area contributed by atoms with E-state index in [1.165, 1.54) is 10.6 Å². The highest BCUT2D eigenvalue weighted by Crippen LogP contribution is 2.45. The lowest BCUT2D eigenvalue weighted by molar-refractivity contribution is -0.656. The Morgan fingerprint density at radius 1 is 0.949 bits per heavy atom. The Hall–Kier alpha value is -2.77. The zero-order valence-corrected chi connectivity index (χ0v) is 27.2. The number of aromatic nitrogens is 2. The third-order valence-corrected chi connectivity index (χ3v) is 7.23. The summed E-state index contributed by atoms with van der Waals surface area (Å²) in [4.78, 5) is 10.9. The molecule has 0 bridgehead atoms. The number of unbranched alkanes of at least 4 members (excludes halogenated alkanes) is 1. The molecular formula is C32H51N4O2S+. The molecule has 6 nitrogen and oxygen atoms in total. The van der Waals surface area contributed by atoms with Crippen molar-refractivity contribution in [3.05, 3.63) is 52.9 Å². The Morgan fingerprint density at radius 2 is 1.56 bits per heavy atom. The molecule has 0 N–H and O–H groups in total. The fourth-order valence-electron chi connectivity index (χ4n) is 4.17. The van der Waals surface area contributed by atoms with Crippen LogP contribution in [0.25, 0.3) is 17.0 Å². The van der Waals surface area contributed by atoms with E-state index in [0.29, 0.717) is 5.75 Å². The Balaban J connectivity index is 0.00000119. The molecule has 0 aliphatic carbocycles. The molecule has 0 radical (unpaired) electrons. The lowest BCUT2D eigenvalue weighted by Gasteiger charge is -2.14. The van der Waals surface area contributed by atoms with Crippen LogP contribution in [0.5, 0.6) is 11.5 Å². The van der Waals surface area contributed by atoms with Crippen molar-refractivity contribution in [3.63, 3.8) is 0 Å². The van der Waals surface area contributed by atoms with Gasteiger partial charge in [0.05, 0.1) is 43.8 Å². The third kappa shape index (κ3) is 8.61. The topological polar surface area (TPSA) is 41.7 Å². The molecule has 0 saturated heterocycles. The third-order valence-electron chi connectivity index (χ3n) is 6.06. The average Bonchev–Trinajstić information content (AvgIpc) is 3.30. The van der Waals surface area contributed by atoms with Gasteiger partial charge in [-0.15, -0.1) is 0 Å². The summed E-state index contributed by atoms with van der Waals surface area (Å²) in [5, 5.41) is 2.21. The van der Waals surface area contributed by atoms with Crippen LogP contribution in [-0.2, 0) is 13.5 Å². The molecule has 4 rings (SSSR count). The van der Waals surface area contributed by atoms with Gasteiger partial charge in [0.15, 0.2) is 17.2 Å². The standard InChI is InChI=1S/C26H33N4O2S.3C2H6/c1-28(2)14-10-9-13-25-27-19(16-26-30(4)20-11-7-8-12-24(20)33-26)18-15-22(31-5)23(32-6)17-21(18)29(25)3;3*1-2/h7-8,11-12,15-17H,9-10,13-14H2,1-6H3;3*1-2H3/q+1;;;. The first-order chi connectivity index (χ1) is 18.9. The van der Waals surface area contributed by atoms with E-state index in [4.69, 9.17) is 14.5 Å². The maximum atomic E-state index is 5.61. The van der Waals surface area contributed by atoms with Crippen molar-refractivity contribution in [1.82, 2.24) is 9.88 Å². The van der Waals surface area contributed by atoms with Gasteiger partial charge in [0.25, 0.3) is 5.82 Å². The van der Waals surface area contributed by atoms with Gasteiger partial charge < -0.3 is 19.3 Å². The zero-order chi connectivity index (χ0) is 29.5. The summed E-state index contributed by atoms with van der Waals surface area (Å²) in [7, 11) is 11.8. The molecule has 1 aromatic heterocycles. The first-order valence-electron chi connectivity index (χ1n) is 14.2. The highest BCUT2D eigenvalue weighted by atomic mass is 32.2. The fraction of sp³-hybridized carbons (Fsp3) is 0.500. The van der Waals surface area contributed by atoms with E-state index in [1.54, 1.807) is 26.0 Å². The van der Waals surface area contributed by atoms with E-state index in [2.05, 4.69) is 79.0 Å². The van der Waals surface area contributed by atoms with Gasteiger partial charge in [-0.05, 0) is 56.7 Å². The Labute approximate surface area is 242 Å². The van der Waals surface area contributed by atoms with Crippen LogP contribution in [0.1, 0.15) is 65.9 Å². The van der Waals surface area contributed by atoms with Gasteiger partial charge in [-0.25, -0.2) is 4.57 Å². The van der Waals surface area contributed by atoms with Crippen molar-refractivity contribution < 1.29 is 14.0 Å². The number of fused-ring (bicyclic) bond motifs is 2. The molecular weight excluding hydrogens is 504 g/mol. The van der Waals surface area contributed by atoms with Crippen LogP contribution in [0.3, 0.4) is 0 Å². The van der Waals surface area contributed by atoms with E-state index in [1.807, 2.05) is 47.6 Å². The number of hydrogen-bond donors (Lipinski definition) is 0. The van der Waals surface area contributed by atoms with Crippen LogP contribution in [0, 0.1) is 0 Å². The number of methoxy groups -OCH3 is 2. The number of rotatable bonds is 8. The Bertz CT molecular complexity index is 1190. The first-order valence-corrected chi connectivity index (χ1v) is 15.1. The number of hydrogen-bond acceptors (Lipinski definition) is 6. The number of aryl methyl sites for hydroxylation is 2. The van der Waals surface area contributed by atoms with E-state index < -0.39 is 0 Å². The SMILES string of the molecule is CC.CC.CC.COc1cc2c(/C=C3\Sc4ccccc4N3C)nc(CCCCN(C)C)[n+](C)c2cc1OC. The minimum atomic E-state index is 0.709. The summed E-state index contributed by atoms with van der Waals surface area (Å²) in [6.45, 7) is 13.1. The molecule has 3 aromatic rings. The predicted molar refractivity (Wildman–Crippen MR) is 170 cm³/mol. The highest BCUT2D eigenvalue weighted by Gasteiger charge is 2.25. The number of para-hydroxylation sites is 1. The molecule has 1 aliphatic rings. The van der Waals surface area contributed by atoms with Gasteiger partial charge in [0.2, 0.25) is 0 Å². The number of ether oxygens (including phenoxy) is 2. The van der Waals surface area contributed by atoms with Crippen molar-refractivity contribution >= 4 is 34.4 Å². The summed E-state index contributed by atoms with van der Waals surface area (Å²) in [6.07, 6.45) is 5.35. The molecule has 0 spiro atoms. The van der Waals surface area contributed by atoms with Crippen LogP contribution in [-0.4, -0.2) is 51.8 Å². The van der Waals surface area contributed by atoms with Gasteiger partial charge in [-0.2, -0.15) is 0 Å². The summed E-state index contributed by atoms with van der Waals surface area (Å²) < 4.78 is 13.4. The minimum Gasteiger partial charge on any atom is -0.493 e. The Kier molecular flexibility index (Phi) is 15.6. The molecule has 7 heteroatoms. The quantitative estimate of drug-likeness (QED) is 0.211. The van der Waals surface area contributed by atoms with Crippen LogP contribution in [0.2, 0.25) is 0 Å². The van der Waals surface area contributed by atoms with Gasteiger partial charge in [-0.1, -0.05) is 65.4 Å². The van der Waals surface area contributed by atoms with Crippen molar-refractivity contribution in [1.29, 1.82) is 0 Å². The number of nitrogens with zero attached hydrogens (tertiary/aromatic N) is 4. The lowest BCUT2D eigenvalue weighted by atomic mass is 10.1. The summed E-state index contributed by atoms with van der Waals surface area (Å²) >= 11 is 1.78. The van der Waals surface area contributed by atoms with Crippen molar-refractivity contribution in [2.45, 2.75) is 65.7 Å². The van der Waals surface area contributed by atoms with Crippen molar-refractivity contribution in [3.8, 4) is 11.5 Å². The maximum absolute atomic E-state index is 5.61. The molecule has 216 valence electrons. The highest BCUT2D eigenvalue weighted by molar-refractivity contribution is 8.03. The number of benzene rings is 2. The van der Waals surface area contributed by atoms with E-state index in [0.717, 1.165) is 59.0 Å². The second kappa shape index (κ2) is 17.7. The average molecular weight is 556 g/mol. The van der Waals surface area contributed by atoms with Gasteiger partial charge in [0, 0.05) is 24.1 Å². The molecule has 0 fully saturated rings. The minimum absolute atomic E-state index is 0.709. The van der Waals surface area contributed by atoms with Gasteiger partial charge in [0.1, 0.15) is 5.52 Å². The predicted octanol–water partition coefficient (Wildman–Crippen LogP) is 7.58. The molecule has 0 unspecified atom stereocenters. The summed E-state index contributed by atoms with van der Waals surface area (Å²) in [5.41, 5.74) is 3.26. The Morgan fingerprint density at radius 3 is 2.15 bits per heavy atom. The van der Waals surface area contributed by atoms with Crippen LogP contribution in [0.15, 0.2) is 46.3 Å². The normalized spacial score (nSPS) is 12.6. The second-order valence-electron chi connectivity index (χ2n) is 8.57. The molecule has 0 saturated carbocycles. The van der Waals surface area contributed by atoms with E-state index >= 15 is 0 Å². The molecule has 1 aliphatic heterocycles. The molecule has 2 aromatic carbocycles. The van der Waals surface area contributed by atoms with Crippen molar-refractivity contribution in [2.24, 2.45) is 7.05 Å². The molecule has 39 heavy (non-hydrogen) atoms. The lowest BCUT2D eigenvalue weighted by Crippen LogP contribution is -2.36. The zero-order valence-electron chi connectivity index (χ0n) is 26.4. The smallest absolute Gasteiger partial charge is 0.299 e. The molecule has 2 heterocycles. The molecule has 0 amide bonds. The largest absolute Gasteiger partial charge is 0.493 e. The number of thioether (sulfide) groups is 1. The van der Waals surface area contributed by atoms with Gasteiger partial charge >= 0.3 is 0 Å². The van der Waals surface area contributed by atoms with Gasteiger partial charge in [-0.3, -0.25) is 0 Å².